The molecule has 0 radical (unpaired) electrons. The first kappa shape index (κ1) is 6.67. The molecule has 0 unspecified atom stereocenters. The van der Waals surface area contributed by atoms with Crippen molar-refractivity contribution in [3.8, 4) is 0 Å². The van der Waals surface area contributed by atoms with Crippen LogP contribution in [0.25, 0.3) is 0 Å². The third-order valence-corrected chi connectivity index (χ3v) is 2.87. The minimum absolute atomic E-state index is 0.275. The first-order valence-corrected chi connectivity index (χ1v) is 5.19. The molecule has 0 bridgehead atoms. The maximum absolute atomic E-state index is 9.58. The van der Waals surface area contributed by atoms with E-state index in [0.717, 1.165) is 0 Å². The number of rotatable bonds is 1. The molecule has 0 aliphatic heterocycles. The summed E-state index contributed by atoms with van der Waals surface area (Å²) in [5.74, 6) is 0. The standard InChI is InChI=1S/H2O3P2S/c1-5(2,3)4-6/h(H2,1,2,3). The summed E-state index contributed by atoms with van der Waals surface area (Å²) in [7, 11) is -4.14. The van der Waals surface area contributed by atoms with Gasteiger partial charge in [0, 0.05) is 0 Å². The molecule has 0 aliphatic carbocycles. The molecular formula is H2O3P2S. The third-order valence-electron chi connectivity index (χ3n) is 0.106. The summed E-state index contributed by atoms with van der Waals surface area (Å²) >= 11 is 4.00. The Morgan fingerprint density at radius 1 is 1.67 bits per heavy atom. The van der Waals surface area contributed by atoms with E-state index in [1.807, 2.05) is 0 Å². The molecule has 0 spiro atoms. The van der Waals surface area contributed by atoms with Crippen LogP contribution in [0.3, 0.4) is 0 Å². The summed E-state index contributed by atoms with van der Waals surface area (Å²) in [5, 5.41) is 0. The van der Waals surface area contributed by atoms with Crippen LogP contribution in [-0.2, 0) is 16.4 Å². The average molecular weight is 144 g/mol. The van der Waals surface area contributed by atoms with E-state index in [9.17, 15) is 4.57 Å². The van der Waals surface area contributed by atoms with Crippen molar-refractivity contribution in [2.75, 3.05) is 0 Å². The third kappa shape index (κ3) is 4.67. The molecule has 0 heterocycles. The van der Waals surface area contributed by atoms with Gasteiger partial charge >= 0.3 is 7.28 Å². The highest BCUT2D eigenvalue weighted by atomic mass is 32.6. The fourth-order valence-electron chi connectivity index (χ4n) is 0. The topological polar surface area (TPSA) is 57.5 Å². The summed E-state index contributed by atoms with van der Waals surface area (Å²) in [6.07, 6.45) is 0. The van der Waals surface area contributed by atoms with Crippen LogP contribution in [0.2, 0.25) is 0 Å². The monoisotopic (exact) mass is 144 g/mol. The Kier molecular flexibility index (Phi) is 2.34. The van der Waals surface area contributed by atoms with Crippen LogP contribution in [0.5, 0.6) is 0 Å². The molecule has 6 heteroatoms. The van der Waals surface area contributed by atoms with E-state index in [0.29, 0.717) is 0 Å². The first-order valence-electron chi connectivity index (χ1n) is 0.965. The molecule has 6 heavy (non-hydrogen) atoms. The average Bonchev–Trinajstić information content (AvgIpc) is 1.35. The van der Waals surface area contributed by atoms with Gasteiger partial charge in [-0.05, 0) is 11.8 Å². The van der Waals surface area contributed by atoms with Gasteiger partial charge in [-0.15, -0.1) is 0 Å². The van der Waals surface area contributed by atoms with E-state index in [4.69, 9.17) is 9.79 Å². The fourth-order valence-corrected chi connectivity index (χ4v) is 0. The molecule has 0 aromatic heterocycles. The van der Waals surface area contributed by atoms with Gasteiger partial charge in [0.25, 0.3) is 0 Å². The van der Waals surface area contributed by atoms with Crippen LogP contribution < -0.4 is 0 Å². The van der Waals surface area contributed by atoms with Gasteiger partial charge in [-0.1, -0.05) is 0 Å². The highest BCUT2D eigenvalue weighted by Crippen LogP contribution is 2.48. The summed E-state index contributed by atoms with van der Waals surface area (Å²) in [6.45, 7) is 0. The Morgan fingerprint density at radius 2 is 1.83 bits per heavy atom. The van der Waals surface area contributed by atoms with Crippen LogP contribution in [0.4, 0.5) is 0 Å². The summed E-state index contributed by atoms with van der Waals surface area (Å²) < 4.78 is 9.58. The normalized spacial score (nSPS) is 12.3. The van der Waals surface area contributed by atoms with E-state index in [2.05, 4.69) is 11.8 Å². The lowest BCUT2D eigenvalue weighted by molar-refractivity contribution is 0.396. The zero-order valence-corrected chi connectivity index (χ0v) is 5.21. The Balaban J connectivity index is 3.81. The van der Waals surface area contributed by atoms with Gasteiger partial charge in [-0.25, -0.2) is 4.57 Å². The van der Waals surface area contributed by atoms with Crippen molar-refractivity contribution >= 4 is 26.1 Å². The molecule has 0 saturated heterocycles. The lowest BCUT2D eigenvalue weighted by atomic mass is 15.8. The van der Waals surface area contributed by atoms with Crippen molar-refractivity contribution in [1.82, 2.24) is 0 Å². The molecule has 0 atom stereocenters. The number of hydrogen-bond donors (Lipinski definition) is 2. The quantitative estimate of drug-likeness (QED) is 0.525. The Morgan fingerprint density at radius 3 is 1.83 bits per heavy atom. The summed E-state index contributed by atoms with van der Waals surface area (Å²) in [6, 6.07) is 0. The van der Waals surface area contributed by atoms with Crippen molar-refractivity contribution in [1.29, 1.82) is 0 Å². The predicted octanol–water partition coefficient (Wildman–Crippen LogP) is 0.487. The van der Waals surface area contributed by atoms with Crippen LogP contribution >= 0.6 is 14.3 Å². The second kappa shape index (κ2) is 2.10. The van der Waals surface area contributed by atoms with E-state index in [1.165, 1.54) is 0 Å². The van der Waals surface area contributed by atoms with E-state index >= 15 is 0 Å². The van der Waals surface area contributed by atoms with Crippen molar-refractivity contribution in [2.24, 2.45) is 0 Å². The van der Waals surface area contributed by atoms with E-state index in [-0.39, 0.29) is 7.04 Å². The molecule has 0 fully saturated rings. The van der Waals surface area contributed by atoms with Gasteiger partial charge in [0.1, 0.15) is 7.04 Å². The maximum atomic E-state index is 9.58. The van der Waals surface area contributed by atoms with Gasteiger partial charge in [-0.3, -0.25) is 0 Å². The first-order chi connectivity index (χ1) is 2.56. The van der Waals surface area contributed by atoms with Crippen LogP contribution in [0, 0.1) is 0 Å². The van der Waals surface area contributed by atoms with Gasteiger partial charge in [0.15, 0.2) is 0 Å². The van der Waals surface area contributed by atoms with Crippen LogP contribution in [-0.4, -0.2) is 9.79 Å². The molecule has 0 aliphatic rings. The lowest BCUT2D eigenvalue weighted by Crippen LogP contribution is -1.55. The largest absolute Gasteiger partial charge is 0.384 e. The molecular weight excluding hydrogens is 142 g/mol. The van der Waals surface area contributed by atoms with Gasteiger partial charge in [0.2, 0.25) is 0 Å². The van der Waals surface area contributed by atoms with Crippen LogP contribution in [0.1, 0.15) is 0 Å². The molecule has 0 rings (SSSR count). The van der Waals surface area contributed by atoms with Gasteiger partial charge in [-0.2, -0.15) is 0 Å². The maximum Gasteiger partial charge on any atom is 0.384 e. The molecule has 36 valence electrons. The summed E-state index contributed by atoms with van der Waals surface area (Å²) in [4.78, 5) is 15.6. The minimum atomic E-state index is -3.86. The Hall–Kier alpha value is 0.670. The Labute approximate surface area is 41.3 Å². The van der Waals surface area contributed by atoms with Crippen molar-refractivity contribution in [3.63, 3.8) is 0 Å². The Bertz CT molecular complexity index is 91.0. The molecule has 0 saturated carbocycles. The lowest BCUT2D eigenvalue weighted by Gasteiger charge is -1.84. The van der Waals surface area contributed by atoms with E-state index < -0.39 is 7.28 Å². The van der Waals surface area contributed by atoms with Gasteiger partial charge in [0.05, 0.1) is 0 Å². The zero-order chi connectivity index (χ0) is 5.21. The molecule has 0 amide bonds. The molecule has 0 aromatic rings. The highest BCUT2D eigenvalue weighted by molar-refractivity contribution is 8.35. The SMILES string of the molecule is O=P(O)(O)P=S. The zero-order valence-electron chi connectivity index (χ0n) is 2.61. The predicted molar refractivity (Wildman–Crippen MR) is 26.3 cm³/mol. The van der Waals surface area contributed by atoms with Crippen molar-refractivity contribution in [2.45, 2.75) is 0 Å². The molecule has 0 aromatic carbocycles. The highest BCUT2D eigenvalue weighted by Gasteiger charge is 2.04. The van der Waals surface area contributed by atoms with Crippen LogP contribution in [0.15, 0.2) is 0 Å². The molecule has 3 nitrogen and oxygen atoms in total. The van der Waals surface area contributed by atoms with Crippen molar-refractivity contribution in [3.05, 3.63) is 0 Å². The summed E-state index contributed by atoms with van der Waals surface area (Å²) in [5.41, 5.74) is 0. The second-order valence-electron chi connectivity index (χ2n) is 0.595. The smallest absolute Gasteiger partial charge is 0.318 e. The van der Waals surface area contributed by atoms with Gasteiger partial charge < -0.3 is 9.79 Å². The molecule has 2 N–H and O–H groups in total. The second-order valence-corrected chi connectivity index (χ2v) is 5.31. The number of hydrogen-bond acceptors (Lipinski definition) is 2. The van der Waals surface area contributed by atoms with Crippen molar-refractivity contribution < 1.29 is 14.4 Å². The fraction of sp³-hybridized carbons (Fsp3) is 0. The minimum Gasteiger partial charge on any atom is -0.318 e. The van der Waals surface area contributed by atoms with E-state index in [1.54, 1.807) is 0 Å².